The van der Waals surface area contributed by atoms with Crippen molar-refractivity contribution in [3.63, 3.8) is 0 Å². The number of epoxide rings is 1. The van der Waals surface area contributed by atoms with Crippen LogP contribution in [-0.2, 0) is 9.47 Å². The van der Waals surface area contributed by atoms with Gasteiger partial charge in [0.1, 0.15) is 12.2 Å². The van der Waals surface area contributed by atoms with Crippen LogP contribution in [0.3, 0.4) is 0 Å². The highest BCUT2D eigenvalue weighted by Gasteiger charge is 2.37. The fourth-order valence-electron chi connectivity index (χ4n) is 0.651. The Morgan fingerprint density at radius 2 is 2.38 bits per heavy atom. The van der Waals surface area contributed by atoms with E-state index in [1.807, 2.05) is 0 Å². The smallest absolute Gasteiger partial charge is 0.110 e. The maximum atomic E-state index is 8.42. The first kappa shape index (κ1) is 6.01. The third kappa shape index (κ3) is 1.18. The lowest BCUT2D eigenvalue weighted by Gasteiger charge is -1.87. The molecular weight excluding hydrogens is 108 g/mol. The quantitative estimate of drug-likeness (QED) is 0.503. The van der Waals surface area contributed by atoms with E-state index in [1.54, 1.807) is 7.11 Å². The largest absolute Gasteiger partial charge is 0.394 e. The minimum Gasteiger partial charge on any atom is -0.394 e. The highest BCUT2D eigenvalue weighted by atomic mass is 16.6. The van der Waals surface area contributed by atoms with Crippen molar-refractivity contribution in [2.24, 2.45) is 0 Å². The lowest BCUT2D eigenvalue weighted by molar-refractivity contribution is 0.170. The van der Waals surface area contributed by atoms with Crippen LogP contribution in [0.5, 0.6) is 0 Å². The second-order valence-corrected chi connectivity index (χ2v) is 1.85. The molecule has 8 heavy (non-hydrogen) atoms. The minimum atomic E-state index is 0.0509. The molecule has 1 aliphatic heterocycles. The number of hydrogen-bond donors (Lipinski definition) is 1. The van der Waals surface area contributed by atoms with Crippen LogP contribution in [0.1, 0.15) is 0 Å². The summed E-state index contributed by atoms with van der Waals surface area (Å²) < 4.78 is 9.69. The average Bonchev–Trinajstić information content (AvgIpc) is 2.48. The summed E-state index contributed by atoms with van der Waals surface area (Å²) in [6.45, 7) is 0.721. The molecule has 0 bridgehead atoms. The Morgan fingerprint density at radius 1 is 1.62 bits per heavy atom. The van der Waals surface area contributed by atoms with Crippen molar-refractivity contribution in [1.82, 2.24) is 0 Å². The average molecular weight is 118 g/mol. The van der Waals surface area contributed by atoms with Crippen molar-refractivity contribution < 1.29 is 14.6 Å². The number of aliphatic hydroxyl groups excluding tert-OH is 1. The molecule has 0 aromatic carbocycles. The molecule has 2 atom stereocenters. The number of rotatable bonds is 3. The first-order chi connectivity index (χ1) is 3.88. The Morgan fingerprint density at radius 3 is 2.75 bits per heavy atom. The molecule has 0 aromatic heterocycles. The van der Waals surface area contributed by atoms with Crippen LogP contribution >= 0.6 is 0 Å². The van der Waals surface area contributed by atoms with E-state index in [0.29, 0.717) is 6.61 Å². The minimum absolute atomic E-state index is 0.0509. The molecule has 0 amide bonds. The number of hydrogen-bond acceptors (Lipinski definition) is 3. The van der Waals surface area contributed by atoms with E-state index in [2.05, 4.69) is 0 Å². The van der Waals surface area contributed by atoms with Crippen LogP contribution in [0.15, 0.2) is 0 Å². The molecule has 0 radical (unpaired) electrons. The van der Waals surface area contributed by atoms with Crippen LogP contribution in [0, 0.1) is 0 Å². The first-order valence-corrected chi connectivity index (χ1v) is 2.63. The van der Waals surface area contributed by atoms with Gasteiger partial charge in [0.15, 0.2) is 0 Å². The van der Waals surface area contributed by atoms with Gasteiger partial charge < -0.3 is 14.6 Å². The van der Waals surface area contributed by atoms with Crippen molar-refractivity contribution >= 4 is 0 Å². The summed E-state index contributed by atoms with van der Waals surface area (Å²) in [5.74, 6) is 0. The first-order valence-electron chi connectivity index (χ1n) is 2.63. The molecular formula is C5H10O3. The molecule has 0 spiro atoms. The van der Waals surface area contributed by atoms with Gasteiger partial charge in [-0.25, -0.2) is 0 Å². The second kappa shape index (κ2) is 2.44. The zero-order chi connectivity index (χ0) is 5.98. The molecule has 0 saturated carbocycles. The van der Waals surface area contributed by atoms with Crippen LogP contribution in [0.25, 0.3) is 0 Å². The third-order valence-electron chi connectivity index (χ3n) is 1.20. The van der Waals surface area contributed by atoms with Crippen LogP contribution < -0.4 is 0 Å². The Balaban J connectivity index is 1.99. The van der Waals surface area contributed by atoms with E-state index in [4.69, 9.17) is 14.6 Å². The SMILES string of the molecule is COC[C@H]1O[C@H]1CO. The number of aliphatic hydroxyl groups is 1. The Bertz CT molecular complexity index is 74.1. The van der Waals surface area contributed by atoms with Gasteiger partial charge in [-0.15, -0.1) is 0 Å². The van der Waals surface area contributed by atoms with E-state index in [1.165, 1.54) is 0 Å². The summed E-state index contributed by atoms with van der Waals surface area (Å²) in [4.78, 5) is 0. The summed E-state index contributed by atoms with van der Waals surface area (Å²) in [7, 11) is 1.62. The highest BCUT2D eigenvalue weighted by molar-refractivity contribution is 4.83. The zero-order valence-corrected chi connectivity index (χ0v) is 4.83. The van der Waals surface area contributed by atoms with E-state index in [0.717, 1.165) is 0 Å². The maximum absolute atomic E-state index is 8.42. The molecule has 48 valence electrons. The molecule has 0 aromatic rings. The van der Waals surface area contributed by atoms with E-state index >= 15 is 0 Å². The van der Waals surface area contributed by atoms with Gasteiger partial charge in [-0.1, -0.05) is 0 Å². The lowest BCUT2D eigenvalue weighted by atomic mass is 10.3. The lowest BCUT2D eigenvalue weighted by Crippen LogP contribution is -2.04. The van der Waals surface area contributed by atoms with Gasteiger partial charge in [-0.05, 0) is 0 Å². The molecule has 3 nitrogen and oxygen atoms in total. The molecule has 1 fully saturated rings. The molecule has 1 heterocycles. The number of ether oxygens (including phenoxy) is 2. The van der Waals surface area contributed by atoms with Gasteiger partial charge in [0.25, 0.3) is 0 Å². The van der Waals surface area contributed by atoms with Gasteiger partial charge in [0.2, 0.25) is 0 Å². The van der Waals surface area contributed by atoms with Crippen molar-refractivity contribution in [3.05, 3.63) is 0 Å². The molecule has 0 aliphatic carbocycles. The molecule has 1 saturated heterocycles. The van der Waals surface area contributed by atoms with E-state index in [9.17, 15) is 0 Å². The van der Waals surface area contributed by atoms with Crippen molar-refractivity contribution in [2.75, 3.05) is 20.3 Å². The predicted molar refractivity (Wildman–Crippen MR) is 27.6 cm³/mol. The number of methoxy groups -OCH3 is 1. The van der Waals surface area contributed by atoms with Crippen molar-refractivity contribution in [3.8, 4) is 0 Å². The molecule has 1 aliphatic rings. The summed E-state index contributed by atoms with van der Waals surface area (Å²) in [5.41, 5.74) is 0. The van der Waals surface area contributed by atoms with E-state index < -0.39 is 0 Å². The molecule has 1 N–H and O–H groups in total. The molecule has 1 rings (SSSR count). The fourth-order valence-corrected chi connectivity index (χ4v) is 0.651. The normalized spacial score (nSPS) is 35.2. The molecule has 3 heteroatoms. The van der Waals surface area contributed by atoms with Gasteiger partial charge >= 0.3 is 0 Å². The van der Waals surface area contributed by atoms with Gasteiger partial charge in [-0.2, -0.15) is 0 Å². The topological polar surface area (TPSA) is 42.0 Å². The standard InChI is InChI=1S/C5H10O3/c1-7-3-5-4(2-6)8-5/h4-6H,2-3H2,1H3/t4-,5+/m0/s1. The van der Waals surface area contributed by atoms with Crippen LogP contribution in [-0.4, -0.2) is 37.6 Å². The van der Waals surface area contributed by atoms with E-state index in [-0.39, 0.29) is 18.8 Å². The molecule has 0 unspecified atom stereocenters. The highest BCUT2D eigenvalue weighted by Crippen LogP contribution is 2.20. The predicted octanol–water partition coefficient (Wildman–Crippen LogP) is -0.608. The summed E-state index contributed by atoms with van der Waals surface area (Å²) in [6.07, 6.45) is 0.208. The fraction of sp³-hybridized carbons (Fsp3) is 1.00. The monoisotopic (exact) mass is 118 g/mol. The van der Waals surface area contributed by atoms with Crippen molar-refractivity contribution in [1.29, 1.82) is 0 Å². The Hall–Kier alpha value is -0.120. The second-order valence-electron chi connectivity index (χ2n) is 1.85. The van der Waals surface area contributed by atoms with Gasteiger partial charge in [-0.3, -0.25) is 0 Å². The third-order valence-corrected chi connectivity index (χ3v) is 1.20. The summed E-state index contributed by atoms with van der Waals surface area (Å²) in [5, 5.41) is 8.42. The van der Waals surface area contributed by atoms with Crippen LogP contribution in [0.2, 0.25) is 0 Å². The summed E-state index contributed by atoms with van der Waals surface area (Å²) in [6, 6.07) is 0. The van der Waals surface area contributed by atoms with Gasteiger partial charge in [0.05, 0.1) is 13.2 Å². The Labute approximate surface area is 48.2 Å². The van der Waals surface area contributed by atoms with Crippen molar-refractivity contribution in [2.45, 2.75) is 12.2 Å². The van der Waals surface area contributed by atoms with Gasteiger partial charge in [0, 0.05) is 7.11 Å². The van der Waals surface area contributed by atoms with Crippen LogP contribution in [0.4, 0.5) is 0 Å². The maximum Gasteiger partial charge on any atom is 0.110 e. The zero-order valence-electron chi connectivity index (χ0n) is 4.83. The summed E-state index contributed by atoms with van der Waals surface area (Å²) >= 11 is 0. The Kier molecular flexibility index (Phi) is 1.83.